The van der Waals surface area contributed by atoms with Crippen LogP contribution in [0, 0.1) is 6.92 Å². The maximum atomic E-state index is 12.6. The van der Waals surface area contributed by atoms with Gasteiger partial charge in [0.25, 0.3) is 5.91 Å². The molecule has 6 nitrogen and oxygen atoms in total. The summed E-state index contributed by atoms with van der Waals surface area (Å²) in [5, 5.41) is 13.1. The van der Waals surface area contributed by atoms with Crippen molar-refractivity contribution in [3.05, 3.63) is 88.6 Å². The van der Waals surface area contributed by atoms with Gasteiger partial charge in [0.1, 0.15) is 17.2 Å². The fourth-order valence-electron chi connectivity index (χ4n) is 3.27. The lowest BCUT2D eigenvalue weighted by Gasteiger charge is -2.12. The van der Waals surface area contributed by atoms with Crippen LogP contribution in [0.15, 0.2) is 66.7 Å². The van der Waals surface area contributed by atoms with E-state index < -0.39 is 5.97 Å². The number of ether oxygens (including phenoxy) is 1. The molecule has 31 heavy (non-hydrogen) atoms. The quantitative estimate of drug-likeness (QED) is 0.357. The SMILES string of the molecule is Cc1cc(NC(=O)c2cc3ccccc3[nH]2)ccc1Oc1ccc(CC(=O)O)cc1Cl. The van der Waals surface area contributed by atoms with E-state index in [4.69, 9.17) is 21.4 Å². The van der Waals surface area contributed by atoms with E-state index in [1.807, 2.05) is 43.3 Å². The first kappa shape index (κ1) is 20.5. The molecule has 7 heteroatoms. The highest BCUT2D eigenvalue weighted by Crippen LogP contribution is 2.33. The molecule has 4 rings (SSSR count). The Morgan fingerprint density at radius 1 is 1.03 bits per heavy atom. The van der Waals surface area contributed by atoms with Crippen molar-refractivity contribution in [2.75, 3.05) is 5.32 Å². The number of aromatic amines is 1. The number of anilines is 1. The third-order valence-corrected chi connectivity index (χ3v) is 5.07. The molecule has 0 aliphatic heterocycles. The second-order valence-corrected chi connectivity index (χ2v) is 7.55. The number of nitrogens with one attached hydrogen (secondary N) is 2. The van der Waals surface area contributed by atoms with Gasteiger partial charge >= 0.3 is 5.97 Å². The van der Waals surface area contributed by atoms with Crippen molar-refractivity contribution in [3.8, 4) is 11.5 Å². The number of carbonyl (C=O) groups is 2. The molecule has 3 N–H and O–H groups in total. The summed E-state index contributed by atoms with van der Waals surface area (Å²) in [5.74, 6) is -0.155. The third-order valence-electron chi connectivity index (χ3n) is 4.78. The number of rotatable bonds is 6. The van der Waals surface area contributed by atoms with Crippen molar-refractivity contribution in [1.82, 2.24) is 4.98 Å². The van der Waals surface area contributed by atoms with Crippen LogP contribution >= 0.6 is 11.6 Å². The van der Waals surface area contributed by atoms with E-state index in [0.717, 1.165) is 16.5 Å². The maximum absolute atomic E-state index is 12.6. The molecule has 0 unspecified atom stereocenters. The Hall–Kier alpha value is -3.77. The zero-order valence-corrected chi connectivity index (χ0v) is 17.4. The summed E-state index contributed by atoms with van der Waals surface area (Å²) in [6.07, 6.45) is -0.107. The van der Waals surface area contributed by atoms with Crippen LogP contribution in [0.3, 0.4) is 0 Å². The molecule has 0 atom stereocenters. The van der Waals surface area contributed by atoms with Crippen molar-refractivity contribution in [3.63, 3.8) is 0 Å². The lowest BCUT2D eigenvalue weighted by Crippen LogP contribution is -2.12. The van der Waals surface area contributed by atoms with Gasteiger partial charge in [-0.3, -0.25) is 9.59 Å². The second kappa shape index (κ2) is 8.53. The maximum Gasteiger partial charge on any atom is 0.307 e. The molecule has 0 spiro atoms. The average Bonchev–Trinajstić information content (AvgIpc) is 3.16. The number of halogens is 1. The number of carboxylic acids is 1. The molecule has 0 aliphatic rings. The number of aliphatic carboxylic acids is 1. The second-order valence-electron chi connectivity index (χ2n) is 7.14. The van der Waals surface area contributed by atoms with E-state index >= 15 is 0 Å². The highest BCUT2D eigenvalue weighted by atomic mass is 35.5. The summed E-state index contributed by atoms with van der Waals surface area (Å²) < 4.78 is 5.89. The molecule has 0 aliphatic carbocycles. The van der Waals surface area contributed by atoms with E-state index in [2.05, 4.69) is 10.3 Å². The summed E-state index contributed by atoms with van der Waals surface area (Å²) in [6.45, 7) is 1.86. The van der Waals surface area contributed by atoms with Crippen LogP contribution in [0.5, 0.6) is 11.5 Å². The minimum atomic E-state index is -0.925. The predicted molar refractivity (Wildman–Crippen MR) is 120 cm³/mol. The molecule has 1 amide bonds. The number of para-hydroxylation sites is 1. The van der Waals surface area contributed by atoms with Gasteiger partial charge in [-0.2, -0.15) is 0 Å². The van der Waals surface area contributed by atoms with E-state index in [1.54, 1.807) is 30.3 Å². The monoisotopic (exact) mass is 434 g/mol. The Morgan fingerprint density at radius 2 is 1.81 bits per heavy atom. The summed E-state index contributed by atoms with van der Waals surface area (Å²) in [4.78, 5) is 26.5. The molecule has 3 aromatic carbocycles. The van der Waals surface area contributed by atoms with Gasteiger partial charge < -0.3 is 20.1 Å². The fourth-order valence-corrected chi connectivity index (χ4v) is 3.51. The van der Waals surface area contributed by atoms with E-state index in [-0.39, 0.29) is 12.3 Å². The average molecular weight is 435 g/mol. The van der Waals surface area contributed by atoms with Crippen LogP contribution in [-0.2, 0) is 11.2 Å². The molecular formula is C24H19ClN2O4. The largest absolute Gasteiger partial charge is 0.481 e. The number of aromatic nitrogens is 1. The lowest BCUT2D eigenvalue weighted by atomic mass is 10.1. The molecule has 0 saturated heterocycles. The highest BCUT2D eigenvalue weighted by Gasteiger charge is 2.12. The fraction of sp³-hybridized carbons (Fsp3) is 0.0833. The highest BCUT2D eigenvalue weighted by molar-refractivity contribution is 6.32. The zero-order chi connectivity index (χ0) is 22.0. The van der Waals surface area contributed by atoms with E-state index in [0.29, 0.717) is 33.5 Å². The first-order valence-electron chi connectivity index (χ1n) is 9.57. The standard InChI is InChI=1S/C24H19ClN2O4/c1-14-10-17(26-24(30)20-13-16-4-2-3-5-19(16)27-20)7-9-21(14)31-22-8-6-15(11-18(22)25)12-23(28)29/h2-11,13,27H,12H2,1H3,(H,26,30)(H,28,29). The van der Waals surface area contributed by atoms with Gasteiger partial charge in [0, 0.05) is 16.6 Å². The predicted octanol–water partition coefficient (Wildman–Crippen LogP) is 5.80. The van der Waals surface area contributed by atoms with E-state index in [1.165, 1.54) is 0 Å². The summed E-state index contributed by atoms with van der Waals surface area (Å²) in [5.41, 5.74) is 3.42. The van der Waals surface area contributed by atoms with Crippen LogP contribution < -0.4 is 10.1 Å². The van der Waals surface area contributed by atoms with Gasteiger partial charge in [-0.05, 0) is 60.5 Å². The molecule has 4 aromatic rings. The van der Waals surface area contributed by atoms with Crippen LogP contribution in [0.25, 0.3) is 10.9 Å². The Labute approximate surface area is 183 Å². The molecule has 1 heterocycles. The van der Waals surface area contributed by atoms with Crippen molar-refractivity contribution in [2.24, 2.45) is 0 Å². The Balaban J connectivity index is 1.48. The normalized spacial score (nSPS) is 10.8. The minimum Gasteiger partial charge on any atom is -0.481 e. The number of hydrogen-bond donors (Lipinski definition) is 3. The van der Waals surface area contributed by atoms with Crippen molar-refractivity contribution >= 4 is 40.1 Å². The van der Waals surface area contributed by atoms with Crippen molar-refractivity contribution in [2.45, 2.75) is 13.3 Å². The number of H-pyrrole nitrogens is 1. The van der Waals surface area contributed by atoms with Gasteiger partial charge in [0.05, 0.1) is 11.4 Å². The van der Waals surface area contributed by atoms with Gasteiger partial charge in [0.2, 0.25) is 0 Å². The first-order chi connectivity index (χ1) is 14.9. The molecule has 0 radical (unpaired) electrons. The number of hydrogen-bond acceptors (Lipinski definition) is 3. The number of carbonyl (C=O) groups excluding carboxylic acids is 1. The molecule has 156 valence electrons. The van der Waals surface area contributed by atoms with Gasteiger partial charge in [-0.25, -0.2) is 0 Å². The molecular weight excluding hydrogens is 416 g/mol. The van der Waals surface area contributed by atoms with Gasteiger partial charge in [-0.1, -0.05) is 35.9 Å². The van der Waals surface area contributed by atoms with Crippen molar-refractivity contribution in [1.29, 1.82) is 0 Å². The molecule has 0 bridgehead atoms. The lowest BCUT2D eigenvalue weighted by molar-refractivity contribution is -0.136. The van der Waals surface area contributed by atoms with Crippen LogP contribution in [0.4, 0.5) is 5.69 Å². The number of carboxylic acid groups (broad SMARTS) is 1. The van der Waals surface area contributed by atoms with Gasteiger partial charge in [-0.15, -0.1) is 0 Å². The zero-order valence-electron chi connectivity index (χ0n) is 16.6. The van der Waals surface area contributed by atoms with Crippen LogP contribution in [0.1, 0.15) is 21.6 Å². The third kappa shape index (κ3) is 4.70. The number of fused-ring (bicyclic) bond motifs is 1. The Bertz CT molecular complexity index is 1260. The number of amides is 1. The summed E-state index contributed by atoms with van der Waals surface area (Å²) in [6, 6.07) is 19.7. The van der Waals surface area contributed by atoms with Crippen LogP contribution in [-0.4, -0.2) is 22.0 Å². The van der Waals surface area contributed by atoms with Crippen LogP contribution in [0.2, 0.25) is 5.02 Å². The summed E-state index contributed by atoms with van der Waals surface area (Å²) >= 11 is 6.24. The molecule has 1 aromatic heterocycles. The smallest absolute Gasteiger partial charge is 0.307 e. The van der Waals surface area contributed by atoms with Crippen molar-refractivity contribution < 1.29 is 19.4 Å². The number of benzene rings is 3. The molecule has 0 fully saturated rings. The topological polar surface area (TPSA) is 91.4 Å². The Morgan fingerprint density at radius 3 is 2.52 bits per heavy atom. The Kier molecular flexibility index (Phi) is 5.64. The summed E-state index contributed by atoms with van der Waals surface area (Å²) in [7, 11) is 0. The first-order valence-corrected chi connectivity index (χ1v) is 9.94. The number of aryl methyl sites for hydroxylation is 1. The molecule has 0 saturated carbocycles. The van der Waals surface area contributed by atoms with Gasteiger partial charge in [0.15, 0.2) is 0 Å². The van der Waals surface area contributed by atoms with E-state index in [9.17, 15) is 9.59 Å². The minimum absolute atomic E-state index is 0.107.